The number of sulfonamides is 1. The number of nitrogens with one attached hydrogen (secondary N) is 2. The molecule has 0 amide bonds. The average Bonchev–Trinajstić information content (AvgIpc) is 2.84. The van der Waals surface area contributed by atoms with Gasteiger partial charge in [-0.15, -0.1) is 0 Å². The van der Waals surface area contributed by atoms with Gasteiger partial charge in [0.1, 0.15) is 0 Å². The Kier molecular flexibility index (Phi) is 4.35. The molecule has 2 rings (SSSR count). The Morgan fingerprint density at radius 3 is 2.50 bits per heavy atom. The van der Waals surface area contributed by atoms with E-state index in [1.165, 1.54) is 0 Å². The molecule has 0 aliphatic heterocycles. The van der Waals surface area contributed by atoms with E-state index in [1.54, 1.807) is 38.2 Å². The van der Waals surface area contributed by atoms with Crippen LogP contribution in [0.3, 0.4) is 0 Å². The summed E-state index contributed by atoms with van der Waals surface area (Å²) in [5.74, 6) is 0.946. The van der Waals surface area contributed by atoms with Gasteiger partial charge in [-0.2, -0.15) is 4.98 Å². The third-order valence-corrected chi connectivity index (χ3v) is 4.13. The monoisotopic (exact) mass is 296 g/mol. The number of aryl methyl sites for hydroxylation is 1. The standard InChI is InChI=1S/C12H16N4O3S/c1-9-15-12(19-16-9)7-8-14-20(17,18)11-5-3-10(13-2)4-6-11/h3-6,13-14H,7-8H2,1-2H3. The van der Waals surface area contributed by atoms with Crippen LogP contribution in [-0.2, 0) is 16.4 Å². The molecule has 0 saturated heterocycles. The Morgan fingerprint density at radius 2 is 1.95 bits per heavy atom. The molecule has 1 aromatic heterocycles. The average molecular weight is 296 g/mol. The van der Waals surface area contributed by atoms with Crippen molar-refractivity contribution in [2.24, 2.45) is 0 Å². The summed E-state index contributed by atoms with van der Waals surface area (Å²) in [6.45, 7) is 1.91. The van der Waals surface area contributed by atoms with Crippen molar-refractivity contribution in [1.29, 1.82) is 0 Å². The lowest BCUT2D eigenvalue weighted by Gasteiger charge is -2.06. The van der Waals surface area contributed by atoms with Crippen molar-refractivity contribution >= 4 is 15.7 Å². The smallest absolute Gasteiger partial charge is 0.240 e. The molecule has 20 heavy (non-hydrogen) atoms. The first-order valence-corrected chi connectivity index (χ1v) is 7.56. The normalized spacial score (nSPS) is 11.5. The fourth-order valence-electron chi connectivity index (χ4n) is 1.62. The van der Waals surface area contributed by atoms with Gasteiger partial charge in [0, 0.05) is 25.7 Å². The second kappa shape index (κ2) is 6.02. The maximum absolute atomic E-state index is 12.0. The maximum atomic E-state index is 12.0. The molecule has 0 unspecified atom stereocenters. The van der Waals surface area contributed by atoms with E-state index in [0.29, 0.717) is 18.1 Å². The van der Waals surface area contributed by atoms with Gasteiger partial charge in [0.25, 0.3) is 0 Å². The van der Waals surface area contributed by atoms with Crippen molar-refractivity contribution in [3.05, 3.63) is 36.0 Å². The Hall–Kier alpha value is -1.93. The fraction of sp³-hybridized carbons (Fsp3) is 0.333. The minimum atomic E-state index is -3.52. The van der Waals surface area contributed by atoms with Crippen LogP contribution in [0.5, 0.6) is 0 Å². The summed E-state index contributed by atoms with van der Waals surface area (Å²) in [6, 6.07) is 6.50. The molecule has 0 atom stereocenters. The lowest BCUT2D eigenvalue weighted by molar-refractivity contribution is 0.375. The number of aromatic nitrogens is 2. The molecule has 0 aliphatic rings. The van der Waals surface area contributed by atoms with Crippen LogP contribution in [-0.4, -0.2) is 32.2 Å². The SMILES string of the molecule is CNc1ccc(S(=O)(=O)NCCc2nc(C)no2)cc1. The van der Waals surface area contributed by atoms with Gasteiger partial charge >= 0.3 is 0 Å². The summed E-state index contributed by atoms with van der Waals surface area (Å²) < 4.78 is 31.5. The minimum absolute atomic E-state index is 0.206. The highest BCUT2D eigenvalue weighted by molar-refractivity contribution is 7.89. The molecular formula is C12H16N4O3S. The van der Waals surface area contributed by atoms with Crippen molar-refractivity contribution in [2.75, 3.05) is 18.9 Å². The third kappa shape index (κ3) is 3.55. The molecule has 7 nitrogen and oxygen atoms in total. The fourth-order valence-corrected chi connectivity index (χ4v) is 2.65. The predicted molar refractivity (Wildman–Crippen MR) is 73.9 cm³/mol. The summed E-state index contributed by atoms with van der Waals surface area (Å²) in [4.78, 5) is 4.23. The zero-order valence-electron chi connectivity index (χ0n) is 11.3. The first kappa shape index (κ1) is 14.5. The van der Waals surface area contributed by atoms with Crippen molar-refractivity contribution in [2.45, 2.75) is 18.2 Å². The molecule has 108 valence electrons. The number of benzene rings is 1. The Balaban J connectivity index is 1.96. The molecule has 0 radical (unpaired) electrons. The van der Waals surface area contributed by atoms with Crippen LogP contribution in [0.25, 0.3) is 0 Å². The number of nitrogens with zero attached hydrogens (tertiary/aromatic N) is 2. The molecule has 8 heteroatoms. The van der Waals surface area contributed by atoms with Crippen LogP contribution in [0.15, 0.2) is 33.7 Å². The largest absolute Gasteiger partial charge is 0.388 e. The highest BCUT2D eigenvalue weighted by atomic mass is 32.2. The first-order chi connectivity index (χ1) is 9.51. The quantitative estimate of drug-likeness (QED) is 0.823. The maximum Gasteiger partial charge on any atom is 0.240 e. The number of hydrogen-bond acceptors (Lipinski definition) is 6. The number of rotatable bonds is 6. The van der Waals surface area contributed by atoms with E-state index < -0.39 is 10.0 Å². The topological polar surface area (TPSA) is 97.1 Å². The van der Waals surface area contributed by atoms with E-state index in [0.717, 1.165) is 5.69 Å². The molecular weight excluding hydrogens is 280 g/mol. The van der Waals surface area contributed by atoms with Crippen LogP contribution in [0, 0.1) is 6.92 Å². The van der Waals surface area contributed by atoms with Gasteiger partial charge < -0.3 is 9.84 Å². The molecule has 0 spiro atoms. The summed E-state index contributed by atoms with van der Waals surface area (Å²) in [5, 5.41) is 6.57. The van der Waals surface area contributed by atoms with Crippen molar-refractivity contribution in [3.8, 4) is 0 Å². The van der Waals surface area contributed by atoms with E-state index >= 15 is 0 Å². The first-order valence-electron chi connectivity index (χ1n) is 6.08. The summed E-state index contributed by atoms with van der Waals surface area (Å²) >= 11 is 0. The van der Waals surface area contributed by atoms with E-state index in [2.05, 4.69) is 20.2 Å². The lowest BCUT2D eigenvalue weighted by Crippen LogP contribution is -2.26. The van der Waals surface area contributed by atoms with E-state index in [9.17, 15) is 8.42 Å². The highest BCUT2D eigenvalue weighted by Crippen LogP contribution is 2.13. The van der Waals surface area contributed by atoms with Gasteiger partial charge in [0.2, 0.25) is 15.9 Å². The lowest BCUT2D eigenvalue weighted by atomic mass is 10.3. The zero-order valence-corrected chi connectivity index (χ0v) is 12.1. The highest BCUT2D eigenvalue weighted by Gasteiger charge is 2.13. The second-order valence-corrected chi connectivity index (χ2v) is 5.92. The van der Waals surface area contributed by atoms with Crippen LogP contribution in [0.4, 0.5) is 5.69 Å². The third-order valence-electron chi connectivity index (χ3n) is 2.65. The molecule has 0 saturated carbocycles. The molecule has 0 aliphatic carbocycles. The van der Waals surface area contributed by atoms with Crippen molar-refractivity contribution in [3.63, 3.8) is 0 Å². The molecule has 0 fully saturated rings. The van der Waals surface area contributed by atoms with E-state index in [-0.39, 0.29) is 11.4 Å². The summed E-state index contributed by atoms with van der Waals surface area (Å²) in [7, 11) is -1.74. The van der Waals surface area contributed by atoms with Gasteiger partial charge in [0.15, 0.2) is 5.82 Å². The molecule has 0 bridgehead atoms. The second-order valence-electron chi connectivity index (χ2n) is 4.16. The molecule has 2 aromatic rings. The Labute approximate surface area is 117 Å². The molecule has 1 heterocycles. The van der Waals surface area contributed by atoms with Crippen LogP contribution < -0.4 is 10.0 Å². The van der Waals surface area contributed by atoms with E-state index in [4.69, 9.17) is 4.52 Å². The van der Waals surface area contributed by atoms with Crippen LogP contribution in [0.2, 0.25) is 0 Å². The van der Waals surface area contributed by atoms with Crippen LogP contribution in [0.1, 0.15) is 11.7 Å². The summed E-state index contributed by atoms with van der Waals surface area (Å²) in [5.41, 5.74) is 0.852. The van der Waals surface area contributed by atoms with Crippen molar-refractivity contribution in [1.82, 2.24) is 14.9 Å². The zero-order chi connectivity index (χ0) is 14.6. The molecule has 2 N–H and O–H groups in total. The van der Waals surface area contributed by atoms with Crippen molar-refractivity contribution < 1.29 is 12.9 Å². The number of anilines is 1. The van der Waals surface area contributed by atoms with Gasteiger partial charge in [0.05, 0.1) is 4.90 Å². The predicted octanol–water partition coefficient (Wildman–Crippen LogP) is 0.941. The minimum Gasteiger partial charge on any atom is -0.388 e. The number of hydrogen-bond donors (Lipinski definition) is 2. The van der Waals surface area contributed by atoms with Crippen LogP contribution >= 0.6 is 0 Å². The van der Waals surface area contributed by atoms with Gasteiger partial charge in [-0.3, -0.25) is 0 Å². The van der Waals surface area contributed by atoms with Gasteiger partial charge in [-0.25, -0.2) is 13.1 Å². The Morgan fingerprint density at radius 1 is 1.25 bits per heavy atom. The van der Waals surface area contributed by atoms with Gasteiger partial charge in [-0.05, 0) is 31.2 Å². The molecule has 1 aromatic carbocycles. The van der Waals surface area contributed by atoms with Gasteiger partial charge in [-0.1, -0.05) is 5.16 Å². The Bertz CT molecular complexity index is 664. The van der Waals surface area contributed by atoms with E-state index in [1.807, 2.05) is 0 Å². The summed E-state index contributed by atoms with van der Waals surface area (Å²) in [6.07, 6.45) is 0.356.